The Bertz CT molecular complexity index is 2150. The molecule has 0 aliphatic carbocycles. The van der Waals surface area contributed by atoms with Gasteiger partial charge in [-0.25, -0.2) is 0 Å². The van der Waals surface area contributed by atoms with Gasteiger partial charge in [0.05, 0.1) is 11.0 Å². The highest BCUT2D eigenvalue weighted by Crippen LogP contribution is 2.44. The lowest BCUT2D eigenvalue weighted by molar-refractivity contribution is 1.06. The van der Waals surface area contributed by atoms with E-state index in [2.05, 4.69) is 114 Å². The molecular weight excluding hydrogens is 456 g/mol. The quantitative estimate of drug-likeness (QED) is 0.247. The number of hydrogen-bond donors (Lipinski definition) is 1. The molecule has 0 saturated carbocycles. The van der Waals surface area contributed by atoms with E-state index < -0.39 is 0 Å². The maximum Gasteiger partial charge on any atom is 0.0547 e. The van der Waals surface area contributed by atoms with Crippen LogP contribution in [-0.2, 0) is 6.54 Å². The van der Waals surface area contributed by atoms with Gasteiger partial charge in [0.2, 0.25) is 0 Å². The summed E-state index contributed by atoms with van der Waals surface area (Å²) >= 11 is 1.90. The first-order valence-corrected chi connectivity index (χ1v) is 13.1. The molecule has 0 aliphatic rings. The third-order valence-corrected chi connectivity index (χ3v) is 8.77. The Labute approximate surface area is 211 Å². The van der Waals surface area contributed by atoms with Crippen molar-refractivity contribution in [3.05, 3.63) is 115 Å². The fraction of sp³-hybridized carbons (Fsp3) is 0.0303. The first-order chi connectivity index (χ1) is 17.8. The molecule has 3 heteroatoms. The van der Waals surface area contributed by atoms with Crippen molar-refractivity contribution in [1.82, 2.24) is 4.57 Å². The Balaban J connectivity index is 1.56. The number of rotatable bonds is 2. The molecule has 0 aliphatic heterocycles. The molecule has 8 rings (SSSR count). The van der Waals surface area contributed by atoms with Gasteiger partial charge in [0.15, 0.2) is 0 Å². The van der Waals surface area contributed by atoms with E-state index in [9.17, 15) is 0 Å². The van der Waals surface area contributed by atoms with Gasteiger partial charge in [-0.15, -0.1) is 11.3 Å². The van der Waals surface area contributed by atoms with Crippen molar-refractivity contribution in [3.8, 4) is 5.69 Å². The van der Waals surface area contributed by atoms with Crippen molar-refractivity contribution in [2.45, 2.75) is 6.54 Å². The molecule has 170 valence electrons. The lowest BCUT2D eigenvalue weighted by atomic mass is 9.97. The predicted molar refractivity (Wildman–Crippen MR) is 157 cm³/mol. The van der Waals surface area contributed by atoms with E-state index in [1.54, 1.807) is 0 Å². The number of hydrogen-bond acceptors (Lipinski definition) is 2. The van der Waals surface area contributed by atoms with Crippen LogP contribution in [0.3, 0.4) is 0 Å². The summed E-state index contributed by atoms with van der Waals surface area (Å²) in [7, 11) is 0. The highest BCUT2D eigenvalue weighted by molar-refractivity contribution is 7.26. The van der Waals surface area contributed by atoms with E-state index in [0.717, 1.165) is 11.3 Å². The van der Waals surface area contributed by atoms with Crippen molar-refractivity contribution >= 4 is 74.9 Å². The second-order valence-corrected chi connectivity index (χ2v) is 10.5. The number of aromatic nitrogens is 1. The fourth-order valence-corrected chi connectivity index (χ4v) is 7.25. The number of para-hydroxylation sites is 1. The zero-order chi connectivity index (χ0) is 23.8. The molecule has 6 aromatic carbocycles. The first kappa shape index (κ1) is 20.1. The highest BCUT2D eigenvalue weighted by Gasteiger charge is 2.17. The molecule has 0 spiro atoms. The average molecular weight is 479 g/mol. The number of nitrogens with two attached hydrogens (primary N) is 1. The molecule has 2 N–H and O–H groups in total. The van der Waals surface area contributed by atoms with Crippen molar-refractivity contribution < 1.29 is 0 Å². The lowest BCUT2D eigenvalue weighted by Gasteiger charge is -2.11. The zero-order valence-electron chi connectivity index (χ0n) is 19.5. The topological polar surface area (TPSA) is 30.9 Å². The van der Waals surface area contributed by atoms with Gasteiger partial charge in [-0.05, 0) is 52.1 Å². The van der Waals surface area contributed by atoms with E-state index in [-0.39, 0.29) is 0 Å². The largest absolute Gasteiger partial charge is 0.326 e. The maximum absolute atomic E-state index is 5.99. The van der Waals surface area contributed by atoms with E-state index in [1.165, 1.54) is 63.5 Å². The molecule has 0 unspecified atom stereocenters. The van der Waals surface area contributed by atoms with Crippen LogP contribution in [0.25, 0.3) is 69.2 Å². The minimum atomic E-state index is 0.533. The summed E-state index contributed by atoms with van der Waals surface area (Å²) in [5.41, 5.74) is 10.7. The number of nitrogens with zero attached hydrogens (tertiary/aromatic N) is 1. The van der Waals surface area contributed by atoms with Crippen LogP contribution in [0.1, 0.15) is 5.56 Å². The summed E-state index contributed by atoms with van der Waals surface area (Å²) < 4.78 is 5.10. The van der Waals surface area contributed by atoms with E-state index in [1.807, 2.05) is 11.3 Å². The molecule has 2 nitrogen and oxygen atoms in total. The van der Waals surface area contributed by atoms with E-state index in [0.29, 0.717) is 6.54 Å². The molecule has 0 bridgehead atoms. The van der Waals surface area contributed by atoms with Crippen molar-refractivity contribution in [3.63, 3.8) is 0 Å². The summed E-state index contributed by atoms with van der Waals surface area (Å²) in [5, 5.41) is 10.5. The Morgan fingerprint density at radius 2 is 1.33 bits per heavy atom. The van der Waals surface area contributed by atoms with Crippen LogP contribution in [0.2, 0.25) is 0 Å². The second-order valence-electron chi connectivity index (χ2n) is 9.49. The van der Waals surface area contributed by atoms with Crippen LogP contribution < -0.4 is 5.73 Å². The van der Waals surface area contributed by atoms with Gasteiger partial charge in [-0.3, -0.25) is 0 Å². The number of benzene rings is 6. The van der Waals surface area contributed by atoms with Crippen LogP contribution in [0.5, 0.6) is 0 Å². The summed E-state index contributed by atoms with van der Waals surface area (Å²) in [4.78, 5) is 0. The third kappa shape index (κ3) is 2.64. The Hall–Kier alpha value is -4.18. The van der Waals surface area contributed by atoms with Crippen LogP contribution in [-0.4, -0.2) is 4.57 Å². The Kier molecular flexibility index (Phi) is 4.13. The molecule has 0 atom stereocenters. The summed E-state index contributed by atoms with van der Waals surface area (Å²) in [6, 6.07) is 39.9. The lowest BCUT2D eigenvalue weighted by Crippen LogP contribution is -1.99. The van der Waals surface area contributed by atoms with Crippen molar-refractivity contribution in [1.29, 1.82) is 0 Å². The minimum Gasteiger partial charge on any atom is -0.326 e. The summed E-state index contributed by atoms with van der Waals surface area (Å²) in [6.45, 7) is 0.533. The van der Waals surface area contributed by atoms with E-state index in [4.69, 9.17) is 5.73 Å². The minimum absolute atomic E-state index is 0.533. The maximum atomic E-state index is 5.99. The molecule has 2 heterocycles. The molecular formula is C33H22N2S. The molecule has 0 amide bonds. The summed E-state index contributed by atoms with van der Waals surface area (Å²) in [6.07, 6.45) is 0. The average Bonchev–Trinajstić information content (AvgIpc) is 3.48. The first-order valence-electron chi connectivity index (χ1n) is 12.3. The fourth-order valence-electron chi connectivity index (χ4n) is 5.97. The van der Waals surface area contributed by atoms with Gasteiger partial charge >= 0.3 is 0 Å². The van der Waals surface area contributed by atoms with Gasteiger partial charge in [-0.2, -0.15) is 0 Å². The van der Waals surface area contributed by atoms with Gasteiger partial charge in [0.1, 0.15) is 0 Å². The van der Waals surface area contributed by atoms with Crippen LogP contribution >= 0.6 is 11.3 Å². The van der Waals surface area contributed by atoms with Gasteiger partial charge in [-0.1, -0.05) is 78.9 Å². The van der Waals surface area contributed by atoms with Crippen molar-refractivity contribution in [2.75, 3.05) is 0 Å². The molecule has 0 saturated heterocycles. The molecule has 0 fully saturated rings. The standard InChI is InChI=1S/C33H22N2S/c34-19-20-6-5-7-22(18-20)35-28-10-3-1-9-27(28)32-25-14-12-21-13-15-26-23-8-2-4-11-30(23)36-33(26)31(21)24(25)16-17-29(32)35/h1-18H,19,34H2. The highest BCUT2D eigenvalue weighted by atomic mass is 32.1. The second kappa shape index (κ2) is 7.41. The normalized spacial score (nSPS) is 12.1. The summed E-state index contributed by atoms with van der Waals surface area (Å²) in [5.74, 6) is 0. The monoisotopic (exact) mass is 478 g/mol. The number of thiophene rings is 1. The molecule has 2 aromatic heterocycles. The smallest absolute Gasteiger partial charge is 0.0547 e. The van der Waals surface area contributed by atoms with Crippen LogP contribution in [0, 0.1) is 0 Å². The third-order valence-electron chi connectivity index (χ3n) is 7.56. The van der Waals surface area contributed by atoms with Gasteiger partial charge in [0.25, 0.3) is 0 Å². The number of fused-ring (bicyclic) bond motifs is 11. The zero-order valence-corrected chi connectivity index (χ0v) is 20.3. The van der Waals surface area contributed by atoms with Gasteiger partial charge < -0.3 is 10.3 Å². The van der Waals surface area contributed by atoms with E-state index >= 15 is 0 Å². The molecule has 8 aromatic rings. The Morgan fingerprint density at radius 3 is 2.22 bits per heavy atom. The predicted octanol–water partition coefficient (Wildman–Crippen LogP) is 8.92. The van der Waals surface area contributed by atoms with Crippen LogP contribution in [0.15, 0.2) is 109 Å². The van der Waals surface area contributed by atoms with Crippen LogP contribution in [0.4, 0.5) is 0 Å². The Morgan fingerprint density at radius 1 is 0.583 bits per heavy atom. The van der Waals surface area contributed by atoms with Crippen molar-refractivity contribution in [2.24, 2.45) is 5.73 Å². The SMILES string of the molecule is NCc1cccc(-n2c3ccccc3c3c4ccc5ccc6c7ccccc7sc6c5c4ccc32)c1. The molecule has 0 radical (unpaired) electrons. The molecule has 36 heavy (non-hydrogen) atoms. The van der Waals surface area contributed by atoms with Gasteiger partial charge in [0, 0.05) is 48.6 Å².